The van der Waals surface area contributed by atoms with Crippen LogP contribution in [0, 0.1) is 0 Å². The molecule has 0 fully saturated rings. The predicted molar refractivity (Wildman–Crippen MR) is 73.6 cm³/mol. The standard InChI is InChI=1S/C14H15FN2O4/c1-7(15)8-4-12(20-2)13(21-3)5-9(8)10-6-11(14(18)19)17-16-10/h4-7H,1-3H3,(H,16,17)(H,18,19). The van der Waals surface area contributed by atoms with Crippen LogP contribution in [0.25, 0.3) is 11.3 Å². The van der Waals surface area contributed by atoms with Crippen LogP contribution in [0.5, 0.6) is 11.5 Å². The Morgan fingerprint density at radius 2 is 1.90 bits per heavy atom. The maximum atomic E-state index is 13.8. The van der Waals surface area contributed by atoms with E-state index in [0.717, 1.165) is 0 Å². The third-order valence-corrected chi connectivity index (χ3v) is 3.07. The summed E-state index contributed by atoms with van der Waals surface area (Å²) in [7, 11) is 2.93. The lowest BCUT2D eigenvalue weighted by Crippen LogP contribution is -1.97. The number of alkyl halides is 1. The quantitative estimate of drug-likeness (QED) is 0.885. The van der Waals surface area contributed by atoms with Crippen molar-refractivity contribution in [2.24, 2.45) is 0 Å². The number of aromatic nitrogens is 2. The molecule has 0 bridgehead atoms. The summed E-state index contributed by atoms with van der Waals surface area (Å²) in [6.45, 7) is 1.38. The summed E-state index contributed by atoms with van der Waals surface area (Å²) >= 11 is 0. The minimum Gasteiger partial charge on any atom is -0.493 e. The lowest BCUT2D eigenvalue weighted by Gasteiger charge is -2.14. The largest absolute Gasteiger partial charge is 0.493 e. The van der Waals surface area contributed by atoms with E-state index in [9.17, 15) is 9.18 Å². The molecule has 6 nitrogen and oxygen atoms in total. The highest BCUT2D eigenvalue weighted by molar-refractivity contribution is 5.87. The average Bonchev–Trinajstić information content (AvgIpc) is 2.95. The van der Waals surface area contributed by atoms with Gasteiger partial charge in [0.1, 0.15) is 11.9 Å². The second-order valence-corrected chi connectivity index (χ2v) is 4.38. The van der Waals surface area contributed by atoms with Gasteiger partial charge < -0.3 is 14.6 Å². The number of H-pyrrole nitrogens is 1. The molecule has 0 spiro atoms. The topological polar surface area (TPSA) is 84.4 Å². The van der Waals surface area contributed by atoms with Gasteiger partial charge in [0.05, 0.1) is 19.9 Å². The summed E-state index contributed by atoms with van der Waals surface area (Å²) in [4.78, 5) is 10.9. The van der Waals surface area contributed by atoms with Crippen molar-refractivity contribution in [3.05, 3.63) is 29.5 Å². The molecule has 1 aromatic carbocycles. The fourth-order valence-electron chi connectivity index (χ4n) is 2.01. The van der Waals surface area contributed by atoms with Crippen LogP contribution in [-0.2, 0) is 0 Å². The van der Waals surface area contributed by atoms with Crippen LogP contribution in [0.3, 0.4) is 0 Å². The van der Waals surface area contributed by atoms with Crippen LogP contribution in [0.2, 0.25) is 0 Å². The number of carboxylic acids is 1. The van der Waals surface area contributed by atoms with E-state index >= 15 is 0 Å². The van der Waals surface area contributed by atoms with Crippen LogP contribution in [0.1, 0.15) is 29.1 Å². The molecule has 2 rings (SSSR count). The van der Waals surface area contributed by atoms with E-state index in [0.29, 0.717) is 28.3 Å². The van der Waals surface area contributed by atoms with Crippen LogP contribution in [0.15, 0.2) is 18.2 Å². The van der Waals surface area contributed by atoms with Gasteiger partial charge in [-0.3, -0.25) is 5.10 Å². The van der Waals surface area contributed by atoms with E-state index in [-0.39, 0.29) is 5.69 Å². The minimum atomic E-state index is -1.27. The number of ether oxygens (including phenoxy) is 2. The maximum absolute atomic E-state index is 13.8. The summed E-state index contributed by atoms with van der Waals surface area (Å²) in [5, 5.41) is 15.2. The molecule has 1 atom stereocenters. The van der Waals surface area contributed by atoms with Gasteiger partial charge in [0, 0.05) is 5.56 Å². The zero-order chi connectivity index (χ0) is 15.6. The summed E-state index contributed by atoms with van der Waals surface area (Å²) in [5.41, 5.74) is 1.05. The molecule has 1 heterocycles. The maximum Gasteiger partial charge on any atom is 0.353 e. The van der Waals surface area contributed by atoms with E-state index in [1.165, 1.54) is 33.3 Å². The predicted octanol–water partition coefficient (Wildman–Crippen LogP) is 2.82. The Morgan fingerprint density at radius 3 is 2.38 bits per heavy atom. The molecule has 1 aromatic heterocycles. The zero-order valence-corrected chi connectivity index (χ0v) is 11.8. The number of hydrogen-bond acceptors (Lipinski definition) is 4. The second kappa shape index (κ2) is 5.82. The average molecular weight is 294 g/mol. The monoisotopic (exact) mass is 294 g/mol. The SMILES string of the molecule is COc1cc(-c2cc(C(=O)O)[nH]n2)c(C(C)F)cc1OC. The molecule has 112 valence electrons. The van der Waals surface area contributed by atoms with Gasteiger partial charge in [-0.2, -0.15) is 5.10 Å². The molecule has 0 radical (unpaired) electrons. The van der Waals surface area contributed by atoms with Gasteiger partial charge in [-0.1, -0.05) is 0 Å². The van der Waals surface area contributed by atoms with E-state index in [1.54, 1.807) is 6.07 Å². The van der Waals surface area contributed by atoms with E-state index in [2.05, 4.69) is 10.2 Å². The highest BCUT2D eigenvalue weighted by Crippen LogP contribution is 2.38. The van der Waals surface area contributed by atoms with Crippen molar-refractivity contribution in [3.63, 3.8) is 0 Å². The Morgan fingerprint density at radius 1 is 1.29 bits per heavy atom. The first kappa shape index (κ1) is 14.8. The Hall–Kier alpha value is -2.57. The number of carbonyl (C=O) groups is 1. The van der Waals surface area contributed by atoms with Crippen LogP contribution in [0.4, 0.5) is 4.39 Å². The Kier molecular flexibility index (Phi) is 4.11. The molecule has 0 saturated carbocycles. The molecule has 7 heteroatoms. The molecule has 21 heavy (non-hydrogen) atoms. The number of carboxylic acid groups (broad SMARTS) is 1. The highest BCUT2D eigenvalue weighted by atomic mass is 19.1. The van der Waals surface area contributed by atoms with Crippen LogP contribution in [-0.4, -0.2) is 35.5 Å². The summed E-state index contributed by atoms with van der Waals surface area (Å²) in [5.74, 6) is -0.324. The van der Waals surface area contributed by atoms with Crippen molar-refractivity contribution in [3.8, 4) is 22.8 Å². The Balaban J connectivity index is 2.61. The lowest BCUT2D eigenvalue weighted by molar-refractivity contribution is 0.0690. The van der Waals surface area contributed by atoms with Crippen molar-refractivity contribution in [2.45, 2.75) is 13.1 Å². The normalized spacial score (nSPS) is 12.0. The van der Waals surface area contributed by atoms with Gasteiger partial charge in [0.2, 0.25) is 0 Å². The van der Waals surface area contributed by atoms with Gasteiger partial charge in [-0.25, -0.2) is 9.18 Å². The van der Waals surface area contributed by atoms with Crippen LogP contribution < -0.4 is 9.47 Å². The third-order valence-electron chi connectivity index (χ3n) is 3.07. The zero-order valence-electron chi connectivity index (χ0n) is 11.8. The van der Waals surface area contributed by atoms with E-state index < -0.39 is 12.1 Å². The van der Waals surface area contributed by atoms with E-state index in [4.69, 9.17) is 14.6 Å². The molecule has 2 aromatic rings. The lowest BCUT2D eigenvalue weighted by atomic mass is 10.00. The first-order valence-electron chi connectivity index (χ1n) is 6.17. The Bertz CT molecular complexity index is 667. The highest BCUT2D eigenvalue weighted by Gasteiger charge is 2.19. The number of methoxy groups -OCH3 is 2. The van der Waals surface area contributed by atoms with Gasteiger partial charge in [-0.15, -0.1) is 0 Å². The minimum absolute atomic E-state index is 0.0720. The summed E-state index contributed by atoms with van der Waals surface area (Å²) < 4.78 is 24.2. The van der Waals surface area contributed by atoms with Crippen LogP contribution >= 0.6 is 0 Å². The second-order valence-electron chi connectivity index (χ2n) is 4.38. The first-order chi connectivity index (χ1) is 9.97. The number of aromatic amines is 1. The molecular formula is C14H15FN2O4. The first-order valence-corrected chi connectivity index (χ1v) is 6.17. The van der Waals surface area contributed by atoms with E-state index in [1.807, 2.05) is 0 Å². The molecule has 0 aliphatic heterocycles. The smallest absolute Gasteiger partial charge is 0.353 e. The molecular weight excluding hydrogens is 279 g/mol. The van der Waals surface area contributed by atoms with Gasteiger partial charge in [0.25, 0.3) is 0 Å². The van der Waals surface area contributed by atoms with Gasteiger partial charge in [0.15, 0.2) is 11.5 Å². The number of hydrogen-bond donors (Lipinski definition) is 2. The van der Waals surface area contributed by atoms with Gasteiger partial charge >= 0.3 is 5.97 Å². The fraction of sp³-hybridized carbons (Fsp3) is 0.286. The number of benzene rings is 1. The number of aromatic carboxylic acids is 1. The molecule has 2 N–H and O–H groups in total. The molecule has 0 saturated heterocycles. The number of nitrogens with zero attached hydrogens (tertiary/aromatic N) is 1. The summed E-state index contributed by atoms with van der Waals surface area (Å²) in [6, 6.07) is 4.44. The Labute approximate surface area is 120 Å². The van der Waals surface area contributed by atoms with Crippen molar-refractivity contribution in [2.75, 3.05) is 14.2 Å². The number of halogens is 1. The molecule has 0 aliphatic rings. The van der Waals surface area contributed by atoms with Crippen molar-refractivity contribution in [1.29, 1.82) is 0 Å². The van der Waals surface area contributed by atoms with Crippen molar-refractivity contribution >= 4 is 5.97 Å². The number of rotatable bonds is 5. The molecule has 0 aliphatic carbocycles. The number of nitrogens with one attached hydrogen (secondary N) is 1. The van der Waals surface area contributed by atoms with Gasteiger partial charge in [-0.05, 0) is 30.7 Å². The molecule has 0 amide bonds. The van der Waals surface area contributed by atoms with Crippen molar-refractivity contribution in [1.82, 2.24) is 10.2 Å². The third kappa shape index (κ3) is 2.81. The van der Waals surface area contributed by atoms with Crippen molar-refractivity contribution < 1.29 is 23.8 Å². The molecule has 1 unspecified atom stereocenters. The fourth-order valence-corrected chi connectivity index (χ4v) is 2.01. The summed E-state index contributed by atoms with van der Waals surface area (Å²) in [6.07, 6.45) is -1.27.